The number of nitrogens with two attached hydrogens (primary N) is 1. The molecule has 2 aromatic rings. The van der Waals surface area contributed by atoms with E-state index in [1.54, 1.807) is 6.33 Å². The molecule has 140 valence electrons. The normalized spacial score (nSPS) is 27.0. The molecule has 5 rings (SSSR count). The van der Waals surface area contributed by atoms with E-state index in [2.05, 4.69) is 14.9 Å². The van der Waals surface area contributed by atoms with Gasteiger partial charge in [-0.3, -0.25) is 5.01 Å². The van der Waals surface area contributed by atoms with E-state index in [1.165, 1.54) is 86.7 Å². The molecule has 0 amide bonds. The van der Waals surface area contributed by atoms with E-state index in [0.717, 1.165) is 23.1 Å². The van der Waals surface area contributed by atoms with Crippen LogP contribution in [0.3, 0.4) is 0 Å². The van der Waals surface area contributed by atoms with Gasteiger partial charge in [0.15, 0.2) is 5.82 Å². The van der Waals surface area contributed by atoms with Crippen molar-refractivity contribution in [3.8, 4) is 0 Å². The number of piperidine rings is 1. The highest BCUT2D eigenvalue weighted by Crippen LogP contribution is 2.40. The van der Waals surface area contributed by atoms with Crippen LogP contribution in [0.25, 0.3) is 10.2 Å². The zero-order valence-electron chi connectivity index (χ0n) is 15.5. The molecule has 26 heavy (non-hydrogen) atoms. The molecule has 1 saturated carbocycles. The molecule has 2 aliphatic carbocycles. The van der Waals surface area contributed by atoms with Gasteiger partial charge in [-0.25, -0.2) is 15.8 Å². The monoisotopic (exact) mass is 371 g/mol. The summed E-state index contributed by atoms with van der Waals surface area (Å²) in [6, 6.07) is 1.18. The predicted molar refractivity (Wildman–Crippen MR) is 108 cm³/mol. The van der Waals surface area contributed by atoms with Crippen molar-refractivity contribution in [2.24, 2.45) is 5.84 Å². The molecule has 6 heteroatoms. The summed E-state index contributed by atoms with van der Waals surface area (Å²) in [6.07, 6.45) is 14.4. The van der Waals surface area contributed by atoms with Gasteiger partial charge in [0.05, 0.1) is 5.39 Å². The van der Waals surface area contributed by atoms with E-state index in [1.807, 2.05) is 16.3 Å². The Balaban J connectivity index is 1.33. The van der Waals surface area contributed by atoms with Crippen LogP contribution in [0.5, 0.6) is 0 Å². The first kappa shape index (κ1) is 16.9. The number of thiophene rings is 1. The second-order valence-electron chi connectivity index (χ2n) is 8.20. The molecule has 2 fully saturated rings. The van der Waals surface area contributed by atoms with Gasteiger partial charge in [-0.05, 0) is 76.4 Å². The van der Waals surface area contributed by atoms with Gasteiger partial charge in [0.2, 0.25) is 0 Å². The lowest BCUT2D eigenvalue weighted by atomic mass is 9.88. The summed E-state index contributed by atoms with van der Waals surface area (Å²) in [5.41, 5.74) is 1.47. The molecule has 2 N–H and O–H groups in total. The number of hydrogen-bond acceptors (Lipinski definition) is 6. The van der Waals surface area contributed by atoms with Gasteiger partial charge in [0, 0.05) is 17.0 Å². The first-order valence-electron chi connectivity index (χ1n) is 10.3. The van der Waals surface area contributed by atoms with Crippen molar-refractivity contribution in [1.29, 1.82) is 0 Å². The molecule has 3 aliphatic rings. The number of fused-ring (bicyclic) bond motifs is 3. The van der Waals surface area contributed by atoms with Crippen LogP contribution >= 0.6 is 11.3 Å². The Morgan fingerprint density at radius 1 is 1.00 bits per heavy atom. The maximum absolute atomic E-state index is 6.65. The lowest BCUT2D eigenvalue weighted by molar-refractivity contribution is 0.124. The van der Waals surface area contributed by atoms with Crippen LogP contribution < -0.4 is 10.9 Å². The zero-order chi connectivity index (χ0) is 17.5. The Labute approximate surface area is 159 Å². The second-order valence-corrected chi connectivity index (χ2v) is 9.28. The zero-order valence-corrected chi connectivity index (χ0v) is 16.3. The largest absolute Gasteiger partial charge is 0.300 e. The van der Waals surface area contributed by atoms with E-state index < -0.39 is 0 Å². The highest BCUT2D eigenvalue weighted by atomic mass is 32.1. The predicted octanol–water partition coefficient (Wildman–Crippen LogP) is 3.66. The number of hydrazine groups is 1. The van der Waals surface area contributed by atoms with E-state index in [0.29, 0.717) is 6.04 Å². The van der Waals surface area contributed by atoms with Gasteiger partial charge in [0.1, 0.15) is 11.2 Å². The van der Waals surface area contributed by atoms with Crippen LogP contribution in [0.15, 0.2) is 6.33 Å². The van der Waals surface area contributed by atoms with Crippen molar-refractivity contribution >= 4 is 27.4 Å². The molecule has 3 heterocycles. The number of anilines is 1. The molecule has 0 aromatic carbocycles. The molecule has 0 spiro atoms. The molecule has 1 saturated heterocycles. The highest BCUT2D eigenvalue weighted by Gasteiger charge is 2.31. The van der Waals surface area contributed by atoms with Crippen LogP contribution in [-0.2, 0) is 12.8 Å². The maximum atomic E-state index is 6.65. The van der Waals surface area contributed by atoms with Gasteiger partial charge in [-0.2, -0.15) is 0 Å². The Hall–Kier alpha value is -1.24. The lowest BCUT2D eigenvalue weighted by Gasteiger charge is -2.41. The summed E-state index contributed by atoms with van der Waals surface area (Å²) in [5.74, 6) is 7.62. The molecular formula is C20H29N5S. The third kappa shape index (κ3) is 2.92. The molecule has 0 bridgehead atoms. The fraction of sp³-hybridized carbons (Fsp3) is 0.700. The third-order valence-corrected chi connectivity index (χ3v) is 7.89. The molecule has 0 atom stereocenters. The van der Waals surface area contributed by atoms with E-state index in [9.17, 15) is 0 Å². The van der Waals surface area contributed by atoms with Crippen LogP contribution in [-0.4, -0.2) is 40.0 Å². The van der Waals surface area contributed by atoms with Crippen LogP contribution in [0.4, 0.5) is 5.82 Å². The Kier molecular flexibility index (Phi) is 4.59. The minimum Gasteiger partial charge on any atom is -0.300 e. The fourth-order valence-corrected chi connectivity index (χ4v) is 6.49. The molecular weight excluding hydrogens is 342 g/mol. The van der Waals surface area contributed by atoms with Crippen molar-refractivity contribution in [2.45, 2.75) is 76.3 Å². The maximum Gasteiger partial charge on any atom is 0.155 e. The van der Waals surface area contributed by atoms with Gasteiger partial charge in [-0.1, -0.05) is 6.42 Å². The smallest absolute Gasteiger partial charge is 0.155 e. The van der Waals surface area contributed by atoms with E-state index in [4.69, 9.17) is 5.84 Å². The summed E-state index contributed by atoms with van der Waals surface area (Å²) >= 11 is 1.84. The van der Waals surface area contributed by atoms with Gasteiger partial charge in [-0.15, -0.1) is 11.3 Å². The van der Waals surface area contributed by atoms with Crippen molar-refractivity contribution in [2.75, 3.05) is 18.1 Å². The summed E-state index contributed by atoms with van der Waals surface area (Å²) in [5, 5.41) is 3.23. The van der Waals surface area contributed by atoms with E-state index in [-0.39, 0.29) is 0 Å². The van der Waals surface area contributed by atoms with Crippen molar-refractivity contribution in [1.82, 2.24) is 14.9 Å². The number of likely N-dealkylation sites (tertiary alicyclic amines) is 1. The second kappa shape index (κ2) is 7.06. The number of nitrogens with zero attached hydrogens (tertiary/aromatic N) is 4. The van der Waals surface area contributed by atoms with Crippen molar-refractivity contribution < 1.29 is 0 Å². The van der Waals surface area contributed by atoms with Gasteiger partial charge >= 0.3 is 0 Å². The molecule has 0 radical (unpaired) electrons. The summed E-state index contributed by atoms with van der Waals surface area (Å²) in [7, 11) is 0. The number of aromatic nitrogens is 2. The number of hydrogen-bond donors (Lipinski definition) is 1. The summed E-state index contributed by atoms with van der Waals surface area (Å²) in [6.45, 7) is 2.60. The van der Waals surface area contributed by atoms with Gasteiger partial charge < -0.3 is 4.90 Å². The number of rotatable bonds is 3. The topological polar surface area (TPSA) is 58.3 Å². The first-order chi connectivity index (χ1) is 12.8. The fourth-order valence-electron chi connectivity index (χ4n) is 5.27. The minimum absolute atomic E-state index is 0.408. The Bertz CT molecular complexity index is 774. The molecule has 5 nitrogen and oxygen atoms in total. The van der Waals surface area contributed by atoms with Crippen LogP contribution in [0.1, 0.15) is 61.8 Å². The molecule has 1 aliphatic heterocycles. The molecule has 0 unspecified atom stereocenters. The minimum atomic E-state index is 0.408. The lowest BCUT2D eigenvalue weighted by Crippen LogP contribution is -2.48. The standard InChI is InChI=1S/C20H29N5S/c21-25(15-9-7-14(8-10-15)24-11-2-1-3-12-24)19-18-16-5-4-6-17(16)26-20(18)23-13-22-19/h13-15H,1-12,21H2. The third-order valence-electron chi connectivity index (χ3n) is 6.69. The average molecular weight is 372 g/mol. The van der Waals surface area contributed by atoms with Crippen molar-refractivity contribution in [3.63, 3.8) is 0 Å². The SMILES string of the molecule is NN(c1ncnc2sc3c(c12)CCC3)C1CCC(N2CCCCC2)CC1. The summed E-state index contributed by atoms with van der Waals surface area (Å²) in [4.78, 5) is 14.5. The van der Waals surface area contributed by atoms with Gasteiger partial charge in [0.25, 0.3) is 0 Å². The van der Waals surface area contributed by atoms with Crippen LogP contribution in [0, 0.1) is 0 Å². The van der Waals surface area contributed by atoms with Crippen molar-refractivity contribution in [3.05, 3.63) is 16.8 Å². The Morgan fingerprint density at radius 3 is 2.62 bits per heavy atom. The quantitative estimate of drug-likeness (QED) is 0.659. The number of aryl methyl sites for hydroxylation is 2. The highest BCUT2D eigenvalue weighted by molar-refractivity contribution is 7.19. The average Bonchev–Trinajstić information content (AvgIpc) is 3.29. The van der Waals surface area contributed by atoms with E-state index >= 15 is 0 Å². The first-order valence-corrected chi connectivity index (χ1v) is 11.2. The molecule has 2 aromatic heterocycles. The summed E-state index contributed by atoms with van der Waals surface area (Å²) < 4.78 is 0. The Morgan fingerprint density at radius 2 is 1.81 bits per heavy atom. The van der Waals surface area contributed by atoms with Crippen LogP contribution in [0.2, 0.25) is 0 Å².